The molecule has 0 aromatic heterocycles. The van der Waals surface area contributed by atoms with Crippen LogP contribution in [-0.2, 0) is 9.59 Å². The Morgan fingerprint density at radius 3 is 2.64 bits per heavy atom. The lowest BCUT2D eigenvalue weighted by molar-refractivity contribution is -0.142. The summed E-state index contributed by atoms with van der Waals surface area (Å²) in [6.45, 7) is 5.11. The van der Waals surface area contributed by atoms with Crippen LogP contribution in [0.5, 0.6) is 0 Å². The van der Waals surface area contributed by atoms with Crippen molar-refractivity contribution in [1.29, 1.82) is 0 Å². The van der Waals surface area contributed by atoms with Crippen molar-refractivity contribution >= 4 is 17.6 Å². The van der Waals surface area contributed by atoms with E-state index < -0.39 is 12.0 Å². The lowest BCUT2D eigenvalue weighted by Gasteiger charge is -2.20. The molecule has 1 aromatic rings. The lowest BCUT2D eigenvalue weighted by atomic mass is 9.99. The molecule has 1 unspecified atom stereocenters. The Hall–Kier alpha value is -1.88. The lowest BCUT2D eigenvalue weighted by Crippen LogP contribution is -2.40. The van der Waals surface area contributed by atoms with Gasteiger partial charge in [0, 0.05) is 5.69 Å². The van der Waals surface area contributed by atoms with Crippen LogP contribution in [0.15, 0.2) is 24.3 Å². The van der Waals surface area contributed by atoms with Crippen molar-refractivity contribution in [3.05, 3.63) is 29.8 Å². The van der Waals surface area contributed by atoms with Crippen LogP contribution >= 0.6 is 0 Å². The number of likely N-dealkylation sites (tertiary alicyclic amines) is 1. The van der Waals surface area contributed by atoms with Gasteiger partial charge in [0.2, 0.25) is 5.91 Å². The predicted octanol–water partition coefficient (Wildman–Crippen LogP) is 2.69. The molecule has 1 amide bonds. The Labute approximate surface area is 131 Å². The maximum atomic E-state index is 12.1. The van der Waals surface area contributed by atoms with Crippen molar-refractivity contribution in [2.45, 2.75) is 45.1 Å². The second-order valence-electron chi connectivity index (χ2n) is 5.95. The van der Waals surface area contributed by atoms with E-state index in [-0.39, 0.29) is 12.5 Å². The number of carbonyl (C=O) groups excluding carboxylic acids is 1. The van der Waals surface area contributed by atoms with Crippen LogP contribution in [0, 0.1) is 0 Å². The minimum Gasteiger partial charge on any atom is -0.480 e. The molecule has 1 aliphatic rings. The monoisotopic (exact) mass is 304 g/mol. The molecule has 0 radical (unpaired) electrons. The quantitative estimate of drug-likeness (QED) is 0.848. The summed E-state index contributed by atoms with van der Waals surface area (Å²) in [4.78, 5) is 24.9. The van der Waals surface area contributed by atoms with E-state index in [9.17, 15) is 9.59 Å². The van der Waals surface area contributed by atoms with Crippen molar-refractivity contribution in [1.82, 2.24) is 4.90 Å². The standard InChI is InChI=1S/C17H24N2O3/c1-3-12(2)13-6-8-14(9-7-13)18-16(20)11-19-10-4-5-15(19)17(21)22/h6-9,12,15H,3-5,10-11H2,1-2H3,(H,18,20)(H,21,22)/t12?,15-/m0/s1. The maximum Gasteiger partial charge on any atom is 0.320 e. The van der Waals surface area contributed by atoms with Crippen molar-refractivity contribution < 1.29 is 14.7 Å². The number of amides is 1. The number of carboxylic acid groups (broad SMARTS) is 1. The summed E-state index contributed by atoms with van der Waals surface area (Å²) in [6, 6.07) is 7.33. The van der Waals surface area contributed by atoms with Crippen LogP contribution in [0.2, 0.25) is 0 Å². The molecule has 0 spiro atoms. The van der Waals surface area contributed by atoms with Gasteiger partial charge in [0.15, 0.2) is 0 Å². The average Bonchev–Trinajstić information content (AvgIpc) is 2.95. The normalized spacial score (nSPS) is 19.8. The second kappa shape index (κ2) is 7.40. The fourth-order valence-corrected chi connectivity index (χ4v) is 2.81. The predicted molar refractivity (Wildman–Crippen MR) is 86.0 cm³/mol. The topological polar surface area (TPSA) is 69.6 Å². The number of carbonyl (C=O) groups is 2. The molecule has 1 aliphatic heterocycles. The highest BCUT2D eigenvalue weighted by Gasteiger charge is 2.31. The van der Waals surface area contributed by atoms with Crippen molar-refractivity contribution in [2.24, 2.45) is 0 Å². The van der Waals surface area contributed by atoms with E-state index in [1.165, 1.54) is 5.56 Å². The zero-order chi connectivity index (χ0) is 16.1. The van der Waals surface area contributed by atoms with Gasteiger partial charge < -0.3 is 10.4 Å². The molecule has 0 bridgehead atoms. The van der Waals surface area contributed by atoms with Crippen molar-refractivity contribution in [3.63, 3.8) is 0 Å². The number of carboxylic acids is 1. The summed E-state index contributed by atoms with van der Waals surface area (Å²) in [5.74, 6) is -0.502. The number of nitrogens with zero attached hydrogens (tertiary/aromatic N) is 1. The first-order chi connectivity index (χ1) is 10.5. The highest BCUT2D eigenvalue weighted by Crippen LogP contribution is 2.21. The number of nitrogens with one attached hydrogen (secondary N) is 1. The number of benzene rings is 1. The number of rotatable bonds is 6. The Bertz CT molecular complexity index is 527. The molecule has 2 rings (SSSR count). The third-order valence-electron chi connectivity index (χ3n) is 4.37. The Balaban J connectivity index is 1.90. The van der Waals surface area contributed by atoms with Gasteiger partial charge in [-0.25, -0.2) is 0 Å². The van der Waals surface area contributed by atoms with E-state index in [4.69, 9.17) is 5.11 Å². The first-order valence-electron chi connectivity index (χ1n) is 7.88. The van der Waals surface area contributed by atoms with E-state index in [2.05, 4.69) is 19.2 Å². The Kier molecular flexibility index (Phi) is 5.55. The number of anilines is 1. The van der Waals surface area contributed by atoms with E-state index >= 15 is 0 Å². The molecule has 1 fully saturated rings. The first kappa shape index (κ1) is 16.5. The van der Waals surface area contributed by atoms with Crippen LogP contribution in [0.3, 0.4) is 0 Å². The van der Waals surface area contributed by atoms with Crippen LogP contribution in [0.1, 0.15) is 44.6 Å². The molecule has 120 valence electrons. The molecular weight excluding hydrogens is 280 g/mol. The van der Waals surface area contributed by atoms with Crippen LogP contribution in [0.25, 0.3) is 0 Å². The van der Waals surface area contributed by atoms with Gasteiger partial charge in [-0.3, -0.25) is 14.5 Å². The fourth-order valence-electron chi connectivity index (χ4n) is 2.81. The van der Waals surface area contributed by atoms with E-state index in [0.717, 1.165) is 18.5 Å². The van der Waals surface area contributed by atoms with E-state index in [1.807, 2.05) is 24.3 Å². The molecule has 1 aromatic carbocycles. The van der Waals surface area contributed by atoms with Gasteiger partial charge in [0.25, 0.3) is 0 Å². The molecule has 1 saturated heterocycles. The molecule has 0 aliphatic carbocycles. The van der Waals surface area contributed by atoms with Crippen LogP contribution in [-0.4, -0.2) is 41.0 Å². The zero-order valence-corrected chi connectivity index (χ0v) is 13.2. The zero-order valence-electron chi connectivity index (χ0n) is 13.2. The summed E-state index contributed by atoms with van der Waals surface area (Å²) in [5, 5.41) is 12.0. The molecule has 2 N–H and O–H groups in total. The summed E-state index contributed by atoms with van der Waals surface area (Å²) in [6.07, 6.45) is 2.53. The summed E-state index contributed by atoms with van der Waals surface area (Å²) >= 11 is 0. The van der Waals surface area contributed by atoms with Crippen molar-refractivity contribution in [3.8, 4) is 0 Å². The highest BCUT2D eigenvalue weighted by atomic mass is 16.4. The van der Waals surface area contributed by atoms with Gasteiger partial charge in [-0.2, -0.15) is 0 Å². The maximum absolute atomic E-state index is 12.1. The first-order valence-corrected chi connectivity index (χ1v) is 7.88. The second-order valence-corrected chi connectivity index (χ2v) is 5.95. The summed E-state index contributed by atoms with van der Waals surface area (Å²) < 4.78 is 0. The fraction of sp³-hybridized carbons (Fsp3) is 0.529. The van der Waals surface area contributed by atoms with Crippen LogP contribution < -0.4 is 5.32 Å². The number of hydrogen-bond acceptors (Lipinski definition) is 3. The smallest absolute Gasteiger partial charge is 0.320 e. The molecule has 0 saturated carbocycles. The SMILES string of the molecule is CCC(C)c1ccc(NC(=O)CN2CCC[C@H]2C(=O)O)cc1. The minimum atomic E-state index is -0.844. The third-order valence-corrected chi connectivity index (χ3v) is 4.37. The van der Waals surface area contributed by atoms with Gasteiger partial charge in [-0.05, 0) is 49.4 Å². The third kappa shape index (κ3) is 4.07. The molecule has 22 heavy (non-hydrogen) atoms. The van der Waals surface area contributed by atoms with E-state index in [0.29, 0.717) is 18.9 Å². The minimum absolute atomic E-state index is 0.129. The summed E-state index contributed by atoms with van der Waals surface area (Å²) in [7, 11) is 0. The average molecular weight is 304 g/mol. The summed E-state index contributed by atoms with van der Waals surface area (Å²) in [5.41, 5.74) is 2.01. The highest BCUT2D eigenvalue weighted by molar-refractivity contribution is 5.92. The van der Waals surface area contributed by atoms with Gasteiger partial charge in [0.1, 0.15) is 6.04 Å². The number of hydrogen-bond donors (Lipinski definition) is 2. The molecular formula is C17H24N2O3. The molecule has 5 nitrogen and oxygen atoms in total. The molecule has 1 heterocycles. The van der Waals surface area contributed by atoms with Crippen molar-refractivity contribution in [2.75, 3.05) is 18.4 Å². The van der Waals surface area contributed by atoms with Crippen LogP contribution in [0.4, 0.5) is 5.69 Å². The van der Waals surface area contributed by atoms with Gasteiger partial charge in [-0.1, -0.05) is 26.0 Å². The van der Waals surface area contributed by atoms with Gasteiger partial charge in [-0.15, -0.1) is 0 Å². The van der Waals surface area contributed by atoms with E-state index in [1.54, 1.807) is 4.90 Å². The Morgan fingerprint density at radius 1 is 1.36 bits per heavy atom. The molecule has 2 atom stereocenters. The largest absolute Gasteiger partial charge is 0.480 e. The number of aliphatic carboxylic acids is 1. The van der Waals surface area contributed by atoms with Gasteiger partial charge in [0.05, 0.1) is 6.54 Å². The van der Waals surface area contributed by atoms with Gasteiger partial charge >= 0.3 is 5.97 Å². The molecule has 5 heteroatoms. The Morgan fingerprint density at radius 2 is 2.05 bits per heavy atom.